The van der Waals surface area contributed by atoms with Gasteiger partial charge < -0.3 is 14.4 Å². The highest BCUT2D eigenvalue weighted by molar-refractivity contribution is 9.10. The molecular weight excluding hydrogens is 348 g/mol. The highest BCUT2D eigenvalue weighted by atomic mass is 79.9. The van der Waals surface area contributed by atoms with Gasteiger partial charge in [0.15, 0.2) is 11.5 Å². The van der Waals surface area contributed by atoms with Crippen LogP contribution in [0, 0.1) is 23.7 Å². The predicted molar refractivity (Wildman–Crippen MR) is 87.3 cm³/mol. The highest BCUT2D eigenvalue weighted by Gasteiger charge is 2.14. The number of amides is 1. The van der Waals surface area contributed by atoms with Gasteiger partial charge in [-0.25, -0.2) is 0 Å². The molecule has 0 aliphatic carbocycles. The van der Waals surface area contributed by atoms with Crippen LogP contribution in [0.5, 0.6) is 11.5 Å². The molecule has 0 unspecified atom stereocenters. The second-order valence-corrected chi connectivity index (χ2v) is 5.24. The van der Waals surface area contributed by atoms with Gasteiger partial charge in [-0.2, -0.15) is 5.26 Å². The number of methoxy groups -OCH3 is 1. The van der Waals surface area contributed by atoms with Crippen molar-refractivity contribution < 1.29 is 14.3 Å². The molecule has 1 rings (SSSR count). The van der Waals surface area contributed by atoms with Gasteiger partial charge in [-0.1, -0.05) is 21.9 Å². The maximum atomic E-state index is 11.9. The van der Waals surface area contributed by atoms with Crippen molar-refractivity contribution in [1.82, 2.24) is 4.90 Å². The van der Waals surface area contributed by atoms with Gasteiger partial charge in [-0.05, 0) is 23.8 Å². The summed E-state index contributed by atoms with van der Waals surface area (Å²) in [5.74, 6) is 2.93. The van der Waals surface area contributed by atoms with Crippen molar-refractivity contribution in [3.63, 3.8) is 0 Å². The summed E-state index contributed by atoms with van der Waals surface area (Å²) >= 11 is 3.38. The number of ether oxygens (including phenoxy) is 2. The molecule has 0 heterocycles. The number of halogens is 1. The van der Waals surface area contributed by atoms with Gasteiger partial charge in [0.2, 0.25) is 0 Å². The second kappa shape index (κ2) is 8.11. The van der Waals surface area contributed by atoms with E-state index in [1.165, 1.54) is 18.1 Å². The number of benzene rings is 1. The first-order valence-corrected chi connectivity index (χ1v) is 7.01. The molecule has 0 saturated heterocycles. The number of likely N-dealkylation sites (N-methyl/N-ethyl adjacent to an activating group) is 1. The SMILES string of the molecule is C#CCOc1cc(Br)c(/C=C(/C#N)C(=O)N(C)C)cc1OC. The van der Waals surface area contributed by atoms with E-state index in [1.807, 2.05) is 6.07 Å². The molecule has 0 N–H and O–H groups in total. The van der Waals surface area contributed by atoms with Crippen molar-refractivity contribution in [1.29, 1.82) is 5.26 Å². The third kappa shape index (κ3) is 4.28. The highest BCUT2D eigenvalue weighted by Crippen LogP contribution is 2.34. The Morgan fingerprint density at radius 1 is 1.45 bits per heavy atom. The van der Waals surface area contributed by atoms with Crippen LogP contribution < -0.4 is 9.47 Å². The fourth-order valence-electron chi connectivity index (χ4n) is 1.59. The van der Waals surface area contributed by atoms with Crippen LogP contribution in [0.2, 0.25) is 0 Å². The van der Waals surface area contributed by atoms with Crippen molar-refractivity contribution in [3.8, 4) is 29.9 Å². The first-order valence-electron chi connectivity index (χ1n) is 6.21. The van der Waals surface area contributed by atoms with Crippen molar-refractivity contribution >= 4 is 27.9 Å². The van der Waals surface area contributed by atoms with E-state index in [-0.39, 0.29) is 18.1 Å². The molecule has 0 fully saturated rings. The average molecular weight is 363 g/mol. The molecule has 1 amide bonds. The molecule has 0 spiro atoms. The Balaban J connectivity index is 3.29. The second-order valence-electron chi connectivity index (χ2n) is 4.39. The van der Waals surface area contributed by atoms with Gasteiger partial charge in [-0.3, -0.25) is 4.79 Å². The van der Waals surface area contributed by atoms with Crippen LogP contribution in [0.15, 0.2) is 22.2 Å². The monoisotopic (exact) mass is 362 g/mol. The van der Waals surface area contributed by atoms with Crippen LogP contribution in [0.1, 0.15) is 5.56 Å². The van der Waals surface area contributed by atoms with E-state index >= 15 is 0 Å². The first-order chi connectivity index (χ1) is 10.4. The smallest absolute Gasteiger partial charge is 0.264 e. The number of hydrogen-bond acceptors (Lipinski definition) is 4. The summed E-state index contributed by atoms with van der Waals surface area (Å²) in [5, 5.41) is 9.14. The summed E-state index contributed by atoms with van der Waals surface area (Å²) < 4.78 is 11.3. The number of terminal acetylenes is 1. The Bertz CT molecular complexity index is 682. The van der Waals surface area contributed by atoms with Crippen LogP contribution in [-0.2, 0) is 4.79 Å². The molecule has 0 radical (unpaired) electrons. The Morgan fingerprint density at radius 3 is 2.64 bits per heavy atom. The summed E-state index contributed by atoms with van der Waals surface area (Å²) in [6.07, 6.45) is 6.65. The maximum Gasteiger partial charge on any atom is 0.264 e. The zero-order chi connectivity index (χ0) is 16.7. The van der Waals surface area contributed by atoms with E-state index < -0.39 is 0 Å². The normalized spacial score (nSPS) is 10.4. The average Bonchev–Trinajstić information content (AvgIpc) is 2.51. The van der Waals surface area contributed by atoms with E-state index in [0.717, 1.165) is 0 Å². The summed E-state index contributed by atoms with van der Waals surface area (Å²) in [4.78, 5) is 13.2. The van der Waals surface area contributed by atoms with Gasteiger partial charge >= 0.3 is 0 Å². The number of carbonyl (C=O) groups is 1. The molecule has 1 aromatic carbocycles. The number of hydrogen-bond donors (Lipinski definition) is 0. The van der Waals surface area contributed by atoms with Gasteiger partial charge in [0.05, 0.1) is 7.11 Å². The largest absolute Gasteiger partial charge is 0.493 e. The standard InChI is InChI=1S/C16H15BrN2O3/c1-5-6-22-15-9-13(17)11(8-14(15)21-4)7-12(10-18)16(20)19(2)3/h1,7-9H,6H2,2-4H3/b12-7-. The molecule has 0 bridgehead atoms. The minimum absolute atomic E-state index is 0.0186. The lowest BCUT2D eigenvalue weighted by molar-refractivity contribution is -0.124. The molecule has 114 valence electrons. The third-order valence-electron chi connectivity index (χ3n) is 2.65. The Hall–Kier alpha value is -2.44. The van der Waals surface area contributed by atoms with E-state index in [0.29, 0.717) is 21.5 Å². The van der Waals surface area contributed by atoms with Crippen molar-refractivity contribution in [2.45, 2.75) is 0 Å². The van der Waals surface area contributed by atoms with Crippen LogP contribution >= 0.6 is 15.9 Å². The first kappa shape index (κ1) is 17.6. The summed E-state index contributed by atoms with van der Waals surface area (Å²) in [6, 6.07) is 5.24. The van der Waals surface area contributed by atoms with Crippen molar-refractivity contribution in [2.24, 2.45) is 0 Å². The number of carbonyl (C=O) groups excluding carboxylic acids is 1. The molecule has 6 heteroatoms. The quantitative estimate of drug-likeness (QED) is 0.458. The Kier molecular flexibility index (Phi) is 6.49. The Morgan fingerprint density at radius 2 is 2.14 bits per heavy atom. The fourth-order valence-corrected chi connectivity index (χ4v) is 2.03. The van der Waals surface area contributed by atoms with E-state index in [9.17, 15) is 4.79 Å². The lowest BCUT2D eigenvalue weighted by atomic mass is 10.1. The number of rotatable bonds is 5. The van der Waals surface area contributed by atoms with Crippen LogP contribution in [0.4, 0.5) is 0 Å². The summed E-state index contributed by atoms with van der Waals surface area (Å²) in [6.45, 7) is 0.112. The van der Waals surface area contributed by atoms with Crippen molar-refractivity contribution in [2.75, 3.05) is 27.8 Å². The van der Waals surface area contributed by atoms with Crippen LogP contribution in [0.3, 0.4) is 0 Å². The molecule has 0 aliphatic heterocycles. The zero-order valence-corrected chi connectivity index (χ0v) is 14.1. The molecule has 0 aliphatic rings. The van der Waals surface area contributed by atoms with Crippen LogP contribution in [0.25, 0.3) is 6.08 Å². The van der Waals surface area contributed by atoms with Gasteiger partial charge in [0, 0.05) is 18.6 Å². The summed E-state index contributed by atoms with van der Waals surface area (Å²) in [5.41, 5.74) is 0.640. The van der Waals surface area contributed by atoms with Gasteiger partial charge in [0.1, 0.15) is 18.2 Å². The molecule has 0 atom stereocenters. The lowest BCUT2D eigenvalue weighted by Gasteiger charge is -2.12. The van der Waals surface area contributed by atoms with Crippen LogP contribution in [-0.4, -0.2) is 38.6 Å². The maximum absolute atomic E-state index is 11.9. The van der Waals surface area contributed by atoms with Crippen molar-refractivity contribution in [3.05, 3.63) is 27.7 Å². The Labute approximate surface area is 138 Å². The van der Waals surface area contributed by atoms with E-state index in [1.54, 1.807) is 26.2 Å². The van der Waals surface area contributed by atoms with Gasteiger partial charge in [-0.15, -0.1) is 6.42 Å². The zero-order valence-electron chi connectivity index (χ0n) is 12.5. The minimum Gasteiger partial charge on any atom is -0.493 e. The molecule has 22 heavy (non-hydrogen) atoms. The minimum atomic E-state index is -0.374. The molecule has 0 saturated carbocycles. The van der Waals surface area contributed by atoms with E-state index in [4.69, 9.17) is 21.2 Å². The molecule has 1 aromatic rings. The van der Waals surface area contributed by atoms with Gasteiger partial charge in [0.25, 0.3) is 5.91 Å². The third-order valence-corrected chi connectivity index (χ3v) is 3.34. The molecule has 5 nitrogen and oxygen atoms in total. The predicted octanol–water partition coefficient (Wildman–Crippen LogP) is 2.46. The van der Waals surface area contributed by atoms with E-state index in [2.05, 4.69) is 21.9 Å². The molecular formula is C16H15BrN2O3. The lowest BCUT2D eigenvalue weighted by Crippen LogP contribution is -2.22. The topological polar surface area (TPSA) is 62.6 Å². The fraction of sp³-hybridized carbons (Fsp3) is 0.250. The summed E-state index contributed by atoms with van der Waals surface area (Å²) in [7, 11) is 4.66. The number of nitriles is 1. The number of nitrogens with zero attached hydrogens (tertiary/aromatic N) is 2. The molecule has 0 aromatic heterocycles.